The highest BCUT2D eigenvalue weighted by molar-refractivity contribution is 5.89. The molecule has 0 saturated heterocycles. The van der Waals surface area contributed by atoms with Crippen LogP contribution in [-0.4, -0.2) is 34.3 Å². The van der Waals surface area contributed by atoms with E-state index in [2.05, 4.69) is 0 Å². The third kappa shape index (κ3) is 5.40. The molecule has 1 aromatic heterocycles. The van der Waals surface area contributed by atoms with Crippen molar-refractivity contribution in [1.82, 2.24) is 4.90 Å². The number of nitro groups is 1. The second-order valence-corrected chi connectivity index (χ2v) is 6.91. The number of nitrogens with zero attached hydrogens (tertiary/aromatic N) is 2. The van der Waals surface area contributed by atoms with Gasteiger partial charge < -0.3 is 14.1 Å². The first-order chi connectivity index (χ1) is 13.9. The molecule has 1 heterocycles. The summed E-state index contributed by atoms with van der Waals surface area (Å²) in [5, 5.41) is 10.6. The van der Waals surface area contributed by atoms with Crippen LogP contribution in [0.3, 0.4) is 0 Å². The molecule has 1 aromatic carbocycles. The molecule has 0 aliphatic heterocycles. The number of carbonyl (C=O) groups is 2. The van der Waals surface area contributed by atoms with E-state index < -0.39 is 23.4 Å². The van der Waals surface area contributed by atoms with Crippen molar-refractivity contribution in [2.45, 2.75) is 44.7 Å². The minimum absolute atomic E-state index is 0.0182. The minimum Gasteiger partial charge on any atom is -0.450 e. The molecule has 0 radical (unpaired) electrons. The van der Waals surface area contributed by atoms with Crippen molar-refractivity contribution in [1.29, 1.82) is 0 Å². The fourth-order valence-electron chi connectivity index (χ4n) is 3.42. The quantitative estimate of drug-likeness (QED) is 0.395. The second kappa shape index (κ2) is 9.31. The Balaban J connectivity index is 1.65. The molecule has 29 heavy (non-hydrogen) atoms. The first-order valence-electron chi connectivity index (χ1n) is 9.39. The molecule has 1 amide bonds. The summed E-state index contributed by atoms with van der Waals surface area (Å²) in [5.74, 6) is -2.60. The molecular formula is C20H21FN2O6. The zero-order valence-corrected chi connectivity index (χ0v) is 15.7. The summed E-state index contributed by atoms with van der Waals surface area (Å²) in [6.07, 6.45) is 4.83. The summed E-state index contributed by atoms with van der Waals surface area (Å²) in [7, 11) is 0. The molecule has 0 unspecified atom stereocenters. The summed E-state index contributed by atoms with van der Waals surface area (Å²) in [6, 6.07) is 8.10. The Hall–Kier alpha value is -3.23. The highest BCUT2D eigenvalue weighted by Gasteiger charge is 2.27. The van der Waals surface area contributed by atoms with Gasteiger partial charge in [0.25, 0.3) is 5.91 Å². The molecule has 1 aliphatic carbocycles. The van der Waals surface area contributed by atoms with Gasteiger partial charge >= 0.3 is 11.9 Å². The van der Waals surface area contributed by atoms with Crippen LogP contribution in [0.2, 0.25) is 0 Å². The minimum atomic E-state index is -0.947. The predicted octanol–water partition coefficient (Wildman–Crippen LogP) is 3.85. The van der Waals surface area contributed by atoms with Gasteiger partial charge in [0.1, 0.15) is 10.7 Å². The zero-order valence-electron chi connectivity index (χ0n) is 15.7. The van der Waals surface area contributed by atoms with Crippen LogP contribution in [-0.2, 0) is 16.1 Å². The van der Waals surface area contributed by atoms with Crippen molar-refractivity contribution < 1.29 is 28.1 Å². The lowest BCUT2D eigenvalue weighted by Gasteiger charge is -2.34. The smallest absolute Gasteiger partial charge is 0.433 e. The van der Waals surface area contributed by atoms with Crippen LogP contribution < -0.4 is 0 Å². The van der Waals surface area contributed by atoms with E-state index in [0.717, 1.165) is 49.8 Å². The number of esters is 1. The molecule has 0 bridgehead atoms. The summed E-state index contributed by atoms with van der Waals surface area (Å²) in [6.45, 7) is -0.224. The van der Waals surface area contributed by atoms with Crippen LogP contribution >= 0.6 is 0 Å². The lowest BCUT2D eigenvalue weighted by Crippen LogP contribution is -2.43. The van der Waals surface area contributed by atoms with Crippen molar-refractivity contribution in [3.8, 4) is 0 Å². The molecule has 0 N–H and O–H groups in total. The van der Waals surface area contributed by atoms with Crippen molar-refractivity contribution in [2.75, 3.05) is 6.61 Å². The van der Waals surface area contributed by atoms with Gasteiger partial charge in [0, 0.05) is 12.6 Å². The van der Waals surface area contributed by atoms with Gasteiger partial charge in [-0.3, -0.25) is 14.9 Å². The van der Waals surface area contributed by atoms with Gasteiger partial charge in [0.05, 0.1) is 6.07 Å². The Morgan fingerprint density at radius 3 is 2.45 bits per heavy atom. The highest BCUT2D eigenvalue weighted by atomic mass is 19.1. The molecule has 3 rings (SSSR count). The number of ether oxygens (including phenoxy) is 1. The normalized spacial score (nSPS) is 14.4. The van der Waals surface area contributed by atoms with Crippen LogP contribution in [0, 0.1) is 15.9 Å². The number of amides is 1. The molecule has 0 atom stereocenters. The van der Waals surface area contributed by atoms with Gasteiger partial charge in [-0.05, 0) is 36.6 Å². The molecule has 1 saturated carbocycles. The number of furan rings is 1. The van der Waals surface area contributed by atoms with Crippen LogP contribution in [0.25, 0.3) is 0 Å². The molecule has 1 fully saturated rings. The van der Waals surface area contributed by atoms with Crippen LogP contribution in [0.5, 0.6) is 0 Å². The molecular weight excluding hydrogens is 383 g/mol. The lowest BCUT2D eigenvalue weighted by molar-refractivity contribution is -0.402. The van der Waals surface area contributed by atoms with Crippen LogP contribution in [0.15, 0.2) is 40.8 Å². The third-order valence-electron chi connectivity index (χ3n) is 4.90. The summed E-state index contributed by atoms with van der Waals surface area (Å²) < 4.78 is 23.0. The van der Waals surface area contributed by atoms with E-state index in [9.17, 15) is 24.1 Å². The van der Waals surface area contributed by atoms with E-state index in [1.807, 2.05) is 0 Å². The van der Waals surface area contributed by atoms with E-state index >= 15 is 0 Å². The number of rotatable bonds is 7. The third-order valence-corrected chi connectivity index (χ3v) is 4.90. The van der Waals surface area contributed by atoms with Crippen molar-refractivity contribution in [3.63, 3.8) is 0 Å². The summed E-state index contributed by atoms with van der Waals surface area (Å²) in [5.41, 5.74) is 0.776. The number of hydrogen-bond acceptors (Lipinski definition) is 6. The van der Waals surface area contributed by atoms with Gasteiger partial charge in [-0.15, -0.1) is 0 Å². The second-order valence-electron chi connectivity index (χ2n) is 6.91. The Bertz CT molecular complexity index is 873. The molecule has 9 heteroatoms. The van der Waals surface area contributed by atoms with Crippen molar-refractivity contribution >= 4 is 17.8 Å². The number of carbonyl (C=O) groups excluding carboxylic acids is 2. The summed E-state index contributed by atoms with van der Waals surface area (Å²) in [4.78, 5) is 36.4. The maximum atomic E-state index is 13.2. The first kappa shape index (κ1) is 20.5. The number of hydrogen-bond donors (Lipinski definition) is 0. The fraction of sp³-hybridized carbons (Fsp3) is 0.400. The Morgan fingerprint density at radius 1 is 1.14 bits per heavy atom. The van der Waals surface area contributed by atoms with E-state index in [1.54, 1.807) is 17.0 Å². The molecule has 154 valence electrons. The van der Waals surface area contributed by atoms with Gasteiger partial charge in [-0.2, -0.15) is 0 Å². The molecule has 2 aromatic rings. The molecule has 0 spiro atoms. The van der Waals surface area contributed by atoms with E-state index in [4.69, 9.17) is 9.15 Å². The maximum absolute atomic E-state index is 13.2. The van der Waals surface area contributed by atoms with Gasteiger partial charge in [0.2, 0.25) is 5.76 Å². The van der Waals surface area contributed by atoms with Crippen molar-refractivity contribution in [2.24, 2.45) is 0 Å². The topological polar surface area (TPSA) is 103 Å². The highest BCUT2D eigenvalue weighted by Crippen LogP contribution is 2.25. The first-order valence-corrected chi connectivity index (χ1v) is 9.39. The Kier molecular flexibility index (Phi) is 6.58. The number of benzene rings is 1. The van der Waals surface area contributed by atoms with E-state index in [-0.39, 0.29) is 30.1 Å². The van der Waals surface area contributed by atoms with Crippen LogP contribution in [0.1, 0.15) is 48.2 Å². The lowest BCUT2D eigenvalue weighted by atomic mass is 9.93. The van der Waals surface area contributed by atoms with Gasteiger partial charge in [-0.25, -0.2) is 9.18 Å². The Morgan fingerprint density at radius 2 is 1.83 bits per heavy atom. The van der Waals surface area contributed by atoms with E-state index in [1.165, 1.54) is 12.1 Å². The fourth-order valence-corrected chi connectivity index (χ4v) is 3.42. The SMILES string of the molecule is O=C(OCC(=O)N(Cc1ccc(F)cc1)C1CCCCC1)c1ccc([N+](=O)[O-])o1. The van der Waals surface area contributed by atoms with Gasteiger partial charge in [-0.1, -0.05) is 31.4 Å². The predicted molar refractivity (Wildman–Crippen MR) is 99.5 cm³/mol. The van der Waals surface area contributed by atoms with E-state index in [0.29, 0.717) is 0 Å². The maximum Gasteiger partial charge on any atom is 0.433 e. The van der Waals surface area contributed by atoms with Crippen LogP contribution in [0.4, 0.5) is 10.3 Å². The zero-order chi connectivity index (χ0) is 20.8. The largest absolute Gasteiger partial charge is 0.450 e. The molecule has 1 aliphatic rings. The standard InChI is InChI=1S/C20H21FN2O6/c21-15-8-6-14(7-9-15)12-22(16-4-2-1-3-5-16)18(24)13-28-20(25)17-10-11-19(29-17)23(26)27/h6-11,16H,1-5,12-13H2. The molecule has 8 nitrogen and oxygen atoms in total. The number of halogens is 1. The average Bonchev–Trinajstić information content (AvgIpc) is 3.23. The Labute approximate surface area is 166 Å². The monoisotopic (exact) mass is 404 g/mol. The van der Waals surface area contributed by atoms with Gasteiger partial charge in [0.15, 0.2) is 6.61 Å². The van der Waals surface area contributed by atoms with Crippen molar-refractivity contribution in [3.05, 3.63) is 63.7 Å². The average molecular weight is 404 g/mol. The summed E-state index contributed by atoms with van der Waals surface area (Å²) >= 11 is 0.